The van der Waals surface area contributed by atoms with Gasteiger partial charge in [-0.1, -0.05) is 11.3 Å². The maximum atomic E-state index is 8.65. The molecule has 5 heteroatoms. The number of hydrogen-bond donors (Lipinski definition) is 0. The van der Waals surface area contributed by atoms with Crippen molar-refractivity contribution in [3.8, 4) is 12.1 Å². The van der Waals surface area contributed by atoms with E-state index in [4.69, 9.17) is 10.5 Å². The minimum absolute atomic E-state index is 0.221. The van der Waals surface area contributed by atoms with Gasteiger partial charge in [-0.15, -0.1) is 5.11 Å². The maximum absolute atomic E-state index is 8.65. The quantitative estimate of drug-likeness (QED) is 0.486. The summed E-state index contributed by atoms with van der Waals surface area (Å²) in [6.07, 6.45) is 3.37. The van der Waals surface area contributed by atoms with Gasteiger partial charge in [0, 0.05) is 5.57 Å². The Labute approximate surface area is 82.2 Å². The fourth-order valence-electron chi connectivity index (χ4n) is 0.974. The van der Waals surface area contributed by atoms with E-state index < -0.39 is 0 Å². The zero-order valence-electron chi connectivity index (χ0n) is 7.80. The molecule has 1 aliphatic rings. The Balaban J connectivity index is 2.65. The molecule has 5 nitrogen and oxygen atoms in total. The Hall–Kier alpha value is -2.14. The zero-order chi connectivity index (χ0) is 10.4. The number of allylic oxidation sites excluding steroid dienone is 3. The van der Waals surface area contributed by atoms with Crippen LogP contribution in [-0.4, -0.2) is 18.1 Å². The Morgan fingerprint density at radius 2 is 2.43 bits per heavy atom. The summed E-state index contributed by atoms with van der Waals surface area (Å²) in [4.78, 5) is 0. The van der Waals surface area contributed by atoms with Crippen molar-refractivity contribution < 1.29 is 0 Å². The number of hydrogen-bond acceptors (Lipinski definition) is 5. The van der Waals surface area contributed by atoms with Crippen LogP contribution in [-0.2, 0) is 0 Å². The molecular weight excluding hydrogens is 178 g/mol. The molecule has 1 rings (SSSR count). The Morgan fingerprint density at radius 3 is 3.00 bits per heavy atom. The van der Waals surface area contributed by atoms with Crippen LogP contribution in [0.3, 0.4) is 0 Å². The van der Waals surface area contributed by atoms with Crippen LogP contribution in [0.2, 0.25) is 0 Å². The van der Waals surface area contributed by atoms with E-state index in [1.165, 1.54) is 5.01 Å². The Morgan fingerprint density at radius 1 is 1.64 bits per heavy atom. The van der Waals surface area contributed by atoms with Gasteiger partial charge in [-0.2, -0.15) is 10.5 Å². The minimum atomic E-state index is 0.221. The fraction of sp³-hybridized carbons (Fsp3) is 0.333. The SMILES string of the molecule is C/C=C(C#N)\C=C1/CN(CC#N)N=N1. The smallest absolute Gasteiger partial charge is 0.125 e. The highest BCUT2D eigenvalue weighted by Crippen LogP contribution is 2.13. The highest BCUT2D eigenvalue weighted by atomic mass is 15.6. The second kappa shape index (κ2) is 4.78. The number of nitrogens with zero attached hydrogens (tertiary/aromatic N) is 5. The molecule has 0 amide bonds. The van der Waals surface area contributed by atoms with E-state index in [0.29, 0.717) is 17.8 Å². The lowest BCUT2D eigenvalue weighted by atomic mass is 10.2. The molecule has 0 aromatic rings. The first-order valence-electron chi connectivity index (χ1n) is 4.10. The van der Waals surface area contributed by atoms with Gasteiger partial charge in [0.15, 0.2) is 0 Å². The van der Waals surface area contributed by atoms with Crippen molar-refractivity contribution in [2.24, 2.45) is 10.3 Å². The van der Waals surface area contributed by atoms with Crippen LogP contribution in [0.4, 0.5) is 0 Å². The molecule has 14 heavy (non-hydrogen) atoms. The van der Waals surface area contributed by atoms with Crippen LogP contribution in [0, 0.1) is 22.7 Å². The third-order valence-electron chi connectivity index (χ3n) is 1.66. The molecule has 70 valence electrons. The van der Waals surface area contributed by atoms with Gasteiger partial charge < -0.3 is 0 Å². The predicted octanol–water partition coefficient (Wildman–Crippen LogP) is 1.55. The molecule has 0 spiro atoms. The molecule has 0 fully saturated rings. The molecule has 0 radical (unpaired) electrons. The van der Waals surface area contributed by atoms with Crippen LogP contribution in [0.5, 0.6) is 0 Å². The number of rotatable bonds is 2. The average Bonchev–Trinajstić information content (AvgIpc) is 2.63. The first-order chi connectivity index (χ1) is 6.80. The molecule has 0 unspecified atom stereocenters. The minimum Gasteiger partial charge on any atom is -0.258 e. The van der Waals surface area contributed by atoms with Crippen molar-refractivity contribution >= 4 is 0 Å². The van der Waals surface area contributed by atoms with Crippen LogP contribution >= 0.6 is 0 Å². The molecule has 1 aliphatic heterocycles. The van der Waals surface area contributed by atoms with Crippen LogP contribution in [0.25, 0.3) is 0 Å². The molecule has 0 atom stereocenters. The summed E-state index contributed by atoms with van der Waals surface area (Å²) in [7, 11) is 0. The monoisotopic (exact) mass is 187 g/mol. The van der Waals surface area contributed by atoms with Crippen molar-refractivity contribution in [3.63, 3.8) is 0 Å². The standard InChI is InChI=1S/C9H9N5/c1-2-8(6-11)5-9-7-14(4-3-10)13-12-9/h2,5H,4,7H2,1H3/b8-2+,9-5+. The van der Waals surface area contributed by atoms with Crippen molar-refractivity contribution in [1.82, 2.24) is 5.01 Å². The van der Waals surface area contributed by atoms with Gasteiger partial charge in [0.1, 0.15) is 6.54 Å². The summed E-state index contributed by atoms with van der Waals surface area (Å²) < 4.78 is 0. The first kappa shape index (κ1) is 9.94. The highest BCUT2D eigenvalue weighted by Gasteiger charge is 2.11. The highest BCUT2D eigenvalue weighted by molar-refractivity contribution is 5.35. The summed E-state index contributed by atoms with van der Waals surface area (Å²) in [6, 6.07) is 4.00. The van der Waals surface area contributed by atoms with Crippen molar-refractivity contribution in [2.75, 3.05) is 13.1 Å². The summed E-state index contributed by atoms with van der Waals surface area (Å²) in [5.41, 5.74) is 1.26. The third kappa shape index (κ3) is 2.43. The van der Waals surface area contributed by atoms with Crippen LogP contribution < -0.4 is 0 Å². The number of nitriles is 2. The maximum Gasteiger partial charge on any atom is 0.125 e. The molecule has 1 heterocycles. The molecular formula is C9H9N5. The van der Waals surface area contributed by atoms with Gasteiger partial charge in [-0.05, 0) is 13.0 Å². The van der Waals surface area contributed by atoms with Crippen molar-refractivity contribution in [3.05, 3.63) is 23.4 Å². The third-order valence-corrected chi connectivity index (χ3v) is 1.66. The van der Waals surface area contributed by atoms with Crippen molar-refractivity contribution in [2.45, 2.75) is 6.92 Å². The average molecular weight is 187 g/mol. The summed E-state index contributed by atoms with van der Waals surface area (Å²) >= 11 is 0. The summed E-state index contributed by atoms with van der Waals surface area (Å²) in [5, 5.41) is 26.2. The molecule has 0 bridgehead atoms. The van der Waals surface area contributed by atoms with E-state index in [-0.39, 0.29) is 6.54 Å². The van der Waals surface area contributed by atoms with Gasteiger partial charge >= 0.3 is 0 Å². The normalized spacial score (nSPS) is 18.4. The largest absolute Gasteiger partial charge is 0.258 e. The molecule has 0 saturated heterocycles. The van der Waals surface area contributed by atoms with Gasteiger partial charge in [-0.3, -0.25) is 5.01 Å². The second-order valence-electron chi connectivity index (χ2n) is 2.66. The van der Waals surface area contributed by atoms with Crippen LogP contribution in [0.1, 0.15) is 6.92 Å². The molecule has 0 aliphatic carbocycles. The van der Waals surface area contributed by atoms with Crippen LogP contribution in [0.15, 0.2) is 33.8 Å². The fourth-order valence-corrected chi connectivity index (χ4v) is 0.974. The van der Waals surface area contributed by atoms with E-state index in [9.17, 15) is 0 Å². The van der Waals surface area contributed by atoms with Gasteiger partial charge in [0.25, 0.3) is 0 Å². The topological polar surface area (TPSA) is 75.5 Å². The summed E-state index contributed by atoms with van der Waals surface area (Å²) in [5.74, 6) is 0. The van der Waals surface area contributed by atoms with Gasteiger partial charge in [0.2, 0.25) is 0 Å². The van der Waals surface area contributed by atoms with Gasteiger partial charge in [0.05, 0.1) is 24.4 Å². The van der Waals surface area contributed by atoms with E-state index >= 15 is 0 Å². The first-order valence-corrected chi connectivity index (χ1v) is 4.10. The lowest BCUT2D eigenvalue weighted by Gasteiger charge is -2.03. The zero-order valence-corrected chi connectivity index (χ0v) is 7.80. The van der Waals surface area contributed by atoms with Gasteiger partial charge in [-0.25, -0.2) is 0 Å². The molecule has 0 aromatic carbocycles. The van der Waals surface area contributed by atoms with E-state index in [0.717, 1.165) is 0 Å². The summed E-state index contributed by atoms with van der Waals surface area (Å²) in [6.45, 7) is 2.50. The molecule has 0 saturated carbocycles. The van der Waals surface area contributed by atoms with E-state index in [2.05, 4.69) is 10.3 Å². The second-order valence-corrected chi connectivity index (χ2v) is 2.66. The molecule has 0 N–H and O–H groups in total. The van der Waals surface area contributed by atoms with E-state index in [1.807, 2.05) is 12.1 Å². The van der Waals surface area contributed by atoms with Crippen molar-refractivity contribution in [1.29, 1.82) is 10.5 Å². The van der Waals surface area contributed by atoms with E-state index in [1.54, 1.807) is 19.1 Å². The lowest BCUT2D eigenvalue weighted by Crippen LogP contribution is -2.14. The molecule has 0 aromatic heterocycles. The Kier molecular flexibility index (Phi) is 3.40. The Bertz CT molecular complexity index is 377. The predicted molar refractivity (Wildman–Crippen MR) is 49.5 cm³/mol. The lowest BCUT2D eigenvalue weighted by molar-refractivity contribution is 0.365.